The largest absolute Gasteiger partial charge is 0.353 e. The maximum atomic E-state index is 12.4. The average Bonchev–Trinajstić information content (AvgIpc) is 2.82. The summed E-state index contributed by atoms with van der Waals surface area (Å²) in [4.78, 5) is 22.0. The van der Waals surface area contributed by atoms with Crippen molar-refractivity contribution in [2.45, 2.75) is 57.9 Å². The highest BCUT2D eigenvalue weighted by molar-refractivity contribution is 5.56. The number of nitrogens with zero attached hydrogens (tertiary/aromatic N) is 6. The molecule has 1 saturated heterocycles. The first-order chi connectivity index (χ1) is 15.2. The number of fused-ring (bicyclic) bond motifs is 2. The summed E-state index contributed by atoms with van der Waals surface area (Å²) in [5.41, 5.74) is 5.42. The molecule has 1 fully saturated rings. The van der Waals surface area contributed by atoms with Crippen LogP contribution in [0.2, 0.25) is 0 Å². The molecule has 3 aliphatic rings. The Bertz CT molecular complexity index is 1060. The van der Waals surface area contributed by atoms with Gasteiger partial charge < -0.3 is 4.90 Å². The number of piperazine rings is 1. The van der Waals surface area contributed by atoms with Gasteiger partial charge in [0, 0.05) is 44.5 Å². The third-order valence-corrected chi connectivity index (χ3v) is 6.97. The van der Waals surface area contributed by atoms with Crippen LogP contribution in [-0.2, 0) is 32.2 Å². The minimum atomic E-state index is 0.0243. The van der Waals surface area contributed by atoms with Crippen LogP contribution in [0.5, 0.6) is 0 Å². The minimum absolute atomic E-state index is 0.0243. The van der Waals surface area contributed by atoms with E-state index in [-0.39, 0.29) is 5.56 Å². The van der Waals surface area contributed by atoms with Gasteiger partial charge in [-0.15, -0.1) is 0 Å². The molecule has 2 aliphatic carbocycles. The molecule has 1 aliphatic heterocycles. The van der Waals surface area contributed by atoms with E-state index in [0.29, 0.717) is 12.1 Å². The van der Waals surface area contributed by atoms with Gasteiger partial charge in [-0.2, -0.15) is 10.4 Å². The van der Waals surface area contributed by atoms with Crippen LogP contribution in [0, 0.1) is 11.3 Å². The van der Waals surface area contributed by atoms with Crippen molar-refractivity contribution in [2.75, 3.05) is 37.6 Å². The zero-order valence-electron chi connectivity index (χ0n) is 18.1. The van der Waals surface area contributed by atoms with Crippen LogP contribution in [0.4, 0.5) is 5.82 Å². The molecule has 2 aromatic rings. The van der Waals surface area contributed by atoms with Gasteiger partial charge in [-0.25, -0.2) is 9.67 Å². The standard InChI is InChI=1S/C24H30N6O/c25-17-20-15-18-5-1-3-7-21(18)26-24(20)29-12-9-28(10-13-29)11-14-30-23(31)16-19-6-2-4-8-22(19)27-30/h15-16H,1-14H2. The molecule has 0 amide bonds. The maximum Gasteiger partial charge on any atom is 0.267 e. The molecule has 7 heteroatoms. The summed E-state index contributed by atoms with van der Waals surface area (Å²) >= 11 is 0. The first kappa shape index (κ1) is 20.2. The number of hydrogen-bond donors (Lipinski definition) is 0. The first-order valence-corrected chi connectivity index (χ1v) is 11.7. The first-order valence-electron chi connectivity index (χ1n) is 11.7. The summed E-state index contributed by atoms with van der Waals surface area (Å²) in [6.45, 7) is 4.97. The smallest absolute Gasteiger partial charge is 0.267 e. The molecule has 0 bridgehead atoms. The Labute approximate surface area is 183 Å². The van der Waals surface area contributed by atoms with Crippen molar-refractivity contribution in [3.8, 4) is 6.07 Å². The van der Waals surface area contributed by atoms with Crippen LogP contribution >= 0.6 is 0 Å². The number of aryl methyl sites for hydroxylation is 4. The van der Waals surface area contributed by atoms with E-state index < -0.39 is 0 Å². The van der Waals surface area contributed by atoms with Crippen molar-refractivity contribution >= 4 is 5.82 Å². The Hall–Kier alpha value is -2.72. The molecule has 3 heterocycles. The quantitative estimate of drug-likeness (QED) is 0.757. The molecule has 0 saturated carbocycles. The van der Waals surface area contributed by atoms with Crippen LogP contribution in [0.25, 0.3) is 0 Å². The molecule has 0 atom stereocenters. The van der Waals surface area contributed by atoms with Gasteiger partial charge >= 0.3 is 0 Å². The molecule has 5 rings (SSSR count). The summed E-state index contributed by atoms with van der Waals surface area (Å²) in [6.07, 6.45) is 8.76. The van der Waals surface area contributed by atoms with Crippen molar-refractivity contribution in [3.63, 3.8) is 0 Å². The van der Waals surface area contributed by atoms with Crippen molar-refractivity contribution in [2.24, 2.45) is 0 Å². The fourth-order valence-corrected chi connectivity index (χ4v) is 5.13. The van der Waals surface area contributed by atoms with E-state index in [9.17, 15) is 10.1 Å². The molecular formula is C24H30N6O. The normalized spacial score (nSPS) is 18.9. The second-order valence-electron chi connectivity index (χ2n) is 9.00. The molecule has 0 radical (unpaired) electrons. The van der Waals surface area contributed by atoms with E-state index in [4.69, 9.17) is 4.98 Å². The van der Waals surface area contributed by atoms with Gasteiger partial charge in [0.15, 0.2) is 0 Å². The molecular weight excluding hydrogens is 388 g/mol. The Morgan fingerprint density at radius 3 is 2.29 bits per heavy atom. The number of nitriles is 1. The molecule has 0 unspecified atom stereocenters. The topological polar surface area (TPSA) is 78.1 Å². The second kappa shape index (κ2) is 8.80. The van der Waals surface area contributed by atoms with Gasteiger partial charge in [0.05, 0.1) is 17.8 Å². The van der Waals surface area contributed by atoms with E-state index >= 15 is 0 Å². The Kier molecular flexibility index (Phi) is 5.73. The van der Waals surface area contributed by atoms with Crippen molar-refractivity contribution in [1.82, 2.24) is 19.7 Å². The highest BCUT2D eigenvalue weighted by atomic mass is 16.1. The number of rotatable bonds is 4. The summed E-state index contributed by atoms with van der Waals surface area (Å²) in [6, 6.07) is 6.23. The van der Waals surface area contributed by atoms with Gasteiger partial charge in [0.25, 0.3) is 5.56 Å². The Morgan fingerprint density at radius 2 is 1.55 bits per heavy atom. The van der Waals surface area contributed by atoms with Gasteiger partial charge in [-0.3, -0.25) is 9.69 Å². The zero-order valence-corrected chi connectivity index (χ0v) is 18.1. The lowest BCUT2D eigenvalue weighted by molar-refractivity contribution is 0.241. The Balaban J connectivity index is 1.22. The third kappa shape index (κ3) is 4.22. The van der Waals surface area contributed by atoms with Gasteiger partial charge in [0.2, 0.25) is 0 Å². The fraction of sp³-hybridized carbons (Fsp3) is 0.583. The highest BCUT2D eigenvalue weighted by Crippen LogP contribution is 2.27. The SMILES string of the molecule is N#Cc1cc2c(nc1N1CCN(CCn3nc4c(cc3=O)CCCC4)CC1)CCCC2. The van der Waals surface area contributed by atoms with Gasteiger partial charge in [-0.05, 0) is 68.6 Å². The van der Waals surface area contributed by atoms with Crippen LogP contribution in [0.15, 0.2) is 16.9 Å². The van der Waals surface area contributed by atoms with Crippen LogP contribution in [0.3, 0.4) is 0 Å². The van der Waals surface area contributed by atoms with E-state index in [1.807, 2.05) is 0 Å². The summed E-state index contributed by atoms with van der Waals surface area (Å²) in [5.74, 6) is 0.857. The third-order valence-electron chi connectivity index (χ3n) is 6.97. The molecule has 0 spiro atoms. The Morgan fingerprint density at radius 1 is 0.871 bits per heavy atom. The minimum Gasteiger partial charge on any atom is -0.353 e. The lowest BCUT2D eigenvalue weighted by Gasteiger charge is -2.36. The number of hydrogen-bond acceptors (Lipinski definition) is 6. The second-order valence-corrected chi connectivity index (χ2v) is 9.00. The predicted octanol–water partition coefficient (Wildman–Crippen LogP) is 2.09. The molecule has 7 nitrogen and oxygen atoms in total. The average molecular weight is 419 g/mol. The molecule has 162 valence electrons. The van der Waals surface area contributed by atoms with Gasteiger partial charge in [0.1, 0.15) is 11.9 Å². The van der Waals surface area contributed by atoms with Crippen LogP contribution in [-0.4, -0.2) is 52.4 Å². The maximum absolute atomic E-state index is 12.4. The fourth-order valence-electron chi connectivity index (χ4n) is 5.13. The van der Waals surface area contributed by atoms with Crippen LogP contribution in [0.1, 0.15) is 53.8 Å². The van der Waals surface area contributed by atoms with Gasteiger partial charge in [-0.1, -0.05) is 0 Å². The van der Waals surface area contributed by atoms with Crippen molar-refractivity contribution < 1.29 is 0 Å². The zero-order chi connectivity index (χ0) is 21.2. The number of aromatic nitrogens is 3. The summed E-state index contributed by atoms with van der Waals surface area (Å²) in [7, 11) is 0. The molecule has 0 N–H and O–H groups in total. The monoisotopic (exact) mass is 418 g/mol. The van der Waals surface area contributed by atoms with E-state index in [1.165, 1.54) is 30.5 Å². The molecule has 2 aromatic heterocycles. The molecule has 0 aromatic carbocycles. The number of anilines is 1. The lowest BCUT2D eigenvalue weighted by atomic mass is 9.95. The summed E-state index contributed by atoms with van der Waals surface area (Å²) < 4.78 is 1.65. The van der Waals surface area contributed by atoms with Crippen molar-refractivity contribution in [3.05, 3.63) is 50.6 Å². The predicted molar refractivity (Wildman–Crippen MR) is 119 cm³/mol. The van der Waals surface area contributed by atoms with Crippen LogP contribution < -0.4 is 10.5 Å². The number of pyridine rings is 1. The highest BCUT2D eigenvalue weighted by Gasteiger charge is 2.23. The lowest BCUT2D eigenvalue weighted by Crippen LogP contribution is -2.48. The van der Waals surface area contributed by atoms with E-state index in [2.05, 4.69) is 27.0 Å². The van der Waals surface area contributed by atoms with E-state index in [0.717, 1.165) is 81.9 Å². The van der Waals surface area contributed by atoms with Crippen molar-refractivity contribution in [1.29, 1.82) is 5.26 Å². The van der Waals surface area contributed by atoms with E-state index in [1.54, 1.807) is 10.7 Å². The summed E-state index contributed by atoms with van der Waals surface area (Å²) in [5, 5.41) is 14.3. The molecule has 31 heavy (non-hydrogen) atoms.